The first-order valence-electron chi connectivity index (χ1n) is 5.06. The lowest BCUT2D eigenvalue weighted by Crippen LogP contribution is -2.37. The van der Waals surface area contributed by atoms with E-state index in [0.29, 0.717) is 12.0 Å². The molecular weight excluding hydrogens is 254 g/mol. The summed E-state index contributed by atoms with van der Waals surface area (Å²) < 4.78 is 0. The maximum Gasteiger partial charge on any atom is 0.249 e. The summed E-state index contributed by atoms with van der Waals surface area (Å²) in [6.45, 7) is 0. The predicted octanol–water partition coefficient (Wildman–Crippen LogP) is -0.206. The number of carbonyl (C=O) groups is 3. The Hall–Kier alpha value is -1.86. The molecule has 1 aromatic rings. The van der Waals surface area contributed by atoms with Crippen LogP contribution in [0.3, 0.4) is 0 Å². The number of rotatable bonds is 5. The minimum absolute atomic E-state index is 0.0986. The molecule has 18 heavy (non-hydrogen) atoms. The molecule has 0 saturated carbocycles. The molecule has 5 N–H and O–H groups in total. The lowest BCUT2D eigenvalue weighted by molar-refractivity contribution is -0.116. The van der Waals surface area contributed by atoms with E-state index in [1.807, 2.05) is 0 Å². The molecule has 0 heterocycles. The summed E-state index contributed by atoms with van der Waals surface area (Å²) in [7, 11) is 0. The molecule has 1 atom stereocenters. The monoisotopic (exact) mass is 267 g/mol. The van der Waals surface area contributed by atoms with E-state index in [9.17, 15) is 14.4 Å². The van der Waals surface area contributed by atoms with Crippen LogP contribution in [0.5, 0.6) is 0 Å². The quantitative estimate of drug-likeness (QED) is 0.436. The summed E-state index contributed by atoms with van der Waals surface area (Å²) in [5.41, 5.74) is 11.2. The molecule has 96 valence electrons. The fourth-order valence-electron chi connectivity index (χ4n) is 1.28. The zero-order chi connectivity index (χ0) is 13.7. The lowest BCUT2D eigenvalue weighted by atomic mass is 10.1. The van der Waals surface area contributed by atoms with Gasteiger partial charge in [0.25, 0.3) is 0 Å². The third-order valence-electron chi connectivity index (χ3n) is 2.24. The number of carbonyl (C=O) groups excluding carboxylic acids is 3. The number of hydrogen-bond donors (Lipinski definition) is 4. The van der Waals surface area contributed by atoms with E-state index in [2.05, 4.69) is 17.9 Å². The molecule has 6 nitrogen and oxygen atoms in total. The molecule has 2 amide bonds. The molecule has 1 unspecified atom stereocenters. The molecule has 0 bridgehead atoms. The first kappa shape index (κ1) is 14.2. The maximum atomic E-state index is 11.5. The van der Waals surface area contributed by atoms with Crippen molar-refractivity contribution in [1.82, 2.24) is 0 Å². The molecule has 0 aliphatic heterocycles. The van der Waals surface area contributed by atoms with Crippen molar-refractivity contribution in [3.05, 3.63) is 29.3 Å². The van der Waals surface area contributed by atoms with E-state index in [-0.39, 0.29) is 16.9 Å². The fourth-order valence-corrected chi connectivity index (χ4v) is 1.45. The summed E-state index contributed by atoms with van der Waals surface area (Å²) in [6, 6.07) is 3.45. The van der Waals surface area contributed by atoms with Crippen LogP contribution in [-0.2, 0) is 4.79 Å². The van der Waals surface area contributed by atoms with Gasteiger partial charge >= 0.3 is 0 Å². The van der Waals surface area contributed by atoms with Crippen molar-refractivity contribution in [3.63, 3.8) is 0 Å². The second-order valence-electron chi connectivity index (χ2n) is 3.56. The van der Waals surface area contributed by atoms with Crippen molar-refractivity contribution in [2.75, 3.05) is 11.1 Å². The first-order valence-corrected chi connectivity index (χ1v) is 5.69. The molecular formula is C11H13N3O3S. The van der Waals surface area contributed by atoms with Gasteiger partial charge in [-0.15, -0.1) is 0 Å². The van der Waals surface area contributed by atoms with Crippen LogP contribution in [-0.4, -0.2) is 29.9 Å². The van der Waals surface area contributed by atoms with Crippen LogP contribution in [0, 0.1) is 0 Å². The number of hydrogen-bond acceptors (Lipinski definition) is 5. The Kier molecular flexibility index (Phi) is 4.87. The van der Waals surface area contributed by atoms with Gasteiger partial charge in [-0.05, 0) is 18.2 Å². The predicted molar refractivity (Wildman–Crippen MR) is 70.8 cm³/mol. The number of thiol groups is 1. The summed E-state index contributed by atoms with van der Waals surface area (Å²) in [4.78, 5) is 33.3. The van der Waals surface area contributed by atoms with Crippen molar-refractivity contribution in [2.45, 2.75) is 6.04 Å². The van der Waals surface area contributed by atoms with Gasteiger partial charge in [0.15, 0.2) is 6.29 Å². The van der Waals surface area contributed by atoms with E-state index in [1.165, 1.54) is 18.2 Å². The van der Waals surface area contributed by atoms with E-state index in [4.69, 9.17) is 11.5 Å². The highest BCUT2D eigenvalue weighted by Crippen LogP contribution is 2.14. The van der Waals surface area contributed by atoms with E-state index in [1.54, 1.807) is 0 Å². The van der Waals surface area contributed by atoms with Crippen molar-refractivity contribution in [1.29, 1.82) is 0 Å². The molecule has 1 aromatic carbocycles. The van der Waals surface area contributed by atoms with E-state index >= 15 is 0 Å². The minimum Gasteiger partial charge on any atom is -0.366 e. The Morgan fingerprint density at radius 1 is 1.44 bits per heavy atom. The molecule has 0 spiro atoms. The summed E-state index contributed by atoms with van der Waals surface area (Å²) in [5.74, 6) is -0.929. The van der Waals surface area contributed by atoms with Gasteiger partial charge in [-0.3, -0.25) is 14.4 Å². The second-order valence-corrected chi connectivity index (χ2v) is 3.93. The van der Waals surface area contributed by atoms with Gasteiger partial charge in [0.1, 0.15) is 0 Å². The Bertz CT molecular complexity index is 490. The highest BCUT2D eigenvalue weighted by Gasteiger charge is 2.13. The average Bonchev–Trinajstić information content (AvgIpc) is 2.37. The van der Waals surface area contributed by atoms with Crippen molar-refractivity contribution in [2.24, 2.45) is 11.5 Å². The Labute approximate surface area is 109 Å². The molecule has 1 rings (SSSR count). The molecule has 0 fully saturated rings. The zero-order valence-corrected chi connectivity index (χ0v) is 10.3. The topological polar surface area (TPSA) is 115 Å². The number of amides is 2. The molecule has 0 aliphatic carbocycles. The van der Waals surface area contributed by atoms with Gasteiger partial charge in [-0.25, -0.2) is 0 Å². The lowest BCUT2D eigenvalue weighted by Gasteiger charge is -2.10. The van der Waals surface area contributed by atoms with Crippen molar-refractivity contribution < 1.29 is 14.4 Å². The number of nitrogens with two attached hydrogens (primary N) is 2. The van der Waals surface area contributed by atoms with Crippen LogP contribution in [0.25, 0.3) is 0 Å². The SMILES string of the molecule is NC(=O)c1ccc(NC(=O)C(N)CS)cc1C=O. The average molecular weight is 267 g/mol. The molecule has 0 aromatic heterocycles. The van der Waals surface area contributed by atoms with Gasteiger partial charge in [0.05, 0.1) is 6.04 Å². The third-order valence-corrected chi connectivity index (χ3v) is 2.64. The van der Waals surface area contributed by atoms with Crippen LogP contribution < -0.4 is 16.8 Å². The Morgan fingerprint density at radius 3 is 2.61 bits per heavy atom. The third kappa shape index (κ3) is 3.31. The number of nitrogens with one attached hydrogen (secondary N) is 1. The molecule has 0 aliphatic rings. The maximum absolute atomic E-state index is 11.5. The molecule has 7 heteroatoms. The number of primary amides is 1. The van der Waals surface area contributed by atoms with E-state index in [0.717, 1.165) is 0 Å². The number of benzene rings is 1. The van der Waals surface area contributed by atoms with Gasteiger partial charge < -0.3 is 16.8 Å². The highest BCUT2D eigenvalue weighted by atomic mass is 32.1. The second kappa shape index (κ2) is 6.18. The Morgan fingerprint density at radius 2 is 2.11 bits per heavy atom. The van der Waals surface area contributed by atoms with Crippen LogP contribution in [0.15, 0.2) is 18.2 Å². The van der Waals surface area contributed by atoms with Crippen molar-refractivity contribution in [3.8, 4) is 0 Å². The zero-order valence-electron chi connectivity index (χ0n) is 9.42. The van der Waals surface area contributed by atoms with Gasteiger partial charge in [-0.2, -0.15) is 12.6 Å². The summed E-state index contributed by atoms with van der Waals surface area (Å²) in [6.07, 6.45) is 0.494. The fraction of sp³-hybridized carbons (Fsp3) is 0.182. The molecule has 0 saturated heterocycles. The highest BCUT2D eigenvalue weighted by molar-refractivity contribution is 7.80. The molecule has 0 radical (unpaired) electrons. The summed E-state index contributed by atoms with van der Waals surface area (Å²) >= 11 is 3.90. The van der Waals surface area contributed by atoms with Gasteiger partial charge in [0, 0.05) is 22.6 Å². The number of anilines is 1. The van der Waals surface area contributed by atoms with E-state index < -0.39 is 17.9 Å². The van der Waals surface area contributed by atoms with Crippen LogP contribution >= 0.6 is 12.6 Å². The van der Waals surface area contributed by atoms with Gasteiger partial charge in [0.2, 0.25) is 11.8 Å². The standard InChI is InChI=1S/C11H13N3O3S/c12-9(5-18)11(17)14-7-1-2-8(10(13)16)6(3-7)4-15/h1-4,9,18H,5,12H2,(H2,13,16)(H,14,17). The Balaban J connectivity index is 2.96. The van der Waals surface area contributed by atoms with Gasteiger partial charge in [-0.1, -0.05) is 0 Å². The van der Waals surface area contributed by atoms with Crippen LogP contribution in [0.2, 0.25) is 0 Å². The number of aldehydes is 1. The first-order chi connectivity index (χ1) is 8.49. The smallest absolute Gasteiger partial charge is 0.249 e. The van der Waals surface area contributed by atoms with Crippen molar-refractivity contribution >= 4 is 36.4 Å². The summed E-state index contributed by atoms with van der Waals surface area (Å²) in [5, 5.41) is 2.51. The van der Waals surface area contributed by atoms with Crippen LogP contribution in [0.4, 0.5) is 5.69 Å². The van der Waals surface area contributed by atoms with Crippen LogP contribution in [0.1, 0.15) is 20.7 Å². The minimum atomic E-state index is -0.746. The largest absolute Gasteiger partial charge is 0.366 e. The normalized spacial score (nSPS) is 11.7.